The Labute approximate surface area is 158 Å². The van der Waals surface area contributed by atoms with Crippen LogP contribution >= 0.6 is 11.3 Å². The third-order valence-electron chi connectivity index (χ3n) is 4.34. The average molecular weight is 380 g/mol. The second-order valence-electron chi connectivity index (χ2n) is 7.55. The molecule has 1 fully saturated rings. The molecule has 5 nitrogen and oxygen atoms in total. The van der Waals surface area contributed by atoms with Crippen LogP contribution in [0.3, 0.4) is 0 Å². The molecule has 1 aromatic heterocycles. The number of hydrogen-bond acceptors (Lipinski definition) is 4. The van der Waals surface area contributed by atoms with Crippen molar-refractivity contribution in [1.82, 2.24) is 4.90 Å². The van der Waals surface area contributed by atoms with Gasteiger partial charge < -0.3 is 20.2 Å². The Morgan fingerprint density at radius 3 is 2.19 bits per heavy atom. The summed E-state index contributed by atoms with van der Waals surface area (Å²) in [7, 11) is 0. The molecule has 26 heavy (non-hydrogen) atoms. The Morgan fingerprint density at radius 1 is 1.15 bits per heavy atom. The number of carbonyl (C=O) groups is 1. The zero-order valence-corrected chi connectivity index (χ0v) is 16.7. The molecule has 1 aliphatic rings. The van der Waals surface area contributed by atoms with Crippen molar-refractivity contribution in [3.63, 3.8) is 0 Å². The van der Waals surface area contributed by atoms with Crippen LogP contribution in [0.25, 0.3) is 10.1 Å². The van der Waals surface area contributed by atoms with E-state index in [0.717, 1.165) is 26.4 Å². The topological polar surface area (TPSA) is 81.0 Å². The maximum absolute atomic E-state index is 11.1. The number of hydrogen-bond donors (Lipinski definition) is 3. The Morgan fingerprint density at radius 2 is 1.69 bits per heavy atom. The van der Waals surface area contributed by atoms with Gasteiger partial charge in [-0.2, -0.15) is 0 Å². The van der Waals surface area contributed by atoms with Gasteiger partial charge in [0.1, 0.15) is 5.60 Å². The zero-order valence-electron chi connectivity index (χ0n) is 15.9. The van der Waals surface area contributed by atoms with Crippen molar-refractivity contribution in [3.8, 4) is 0 Å². The highest BCUT2D eigenvalue weighted by atomic mass is 32.1. The minimum atomic E-state index is -1.07. The minimum absolute atomic E-state index is 0.305. The van der Waals surface area contributed by atoms with E-state index in [0.29, 0.717) is 25.9 Å². The number of benzene rings is 1. The van der Waals surface area contributed by atoms with E-state index in [2.05, 4.69) is 20.8 Å². The number of nitrogens with zero attached hydrogens (tertiary/aromatic N) is 1. The van der Waals surface area contributed by atoms with Crippen LogP contribution in [0.5, 0.6) is 0 Å². The maximum Gasteiger partial charge on any atom is 0.407 e. The van der Waals surface area contributed by atoms with Crippen molar-refractivity contribution >= 4 is 27.5 Å². The van der Waals surface area contributed by atoms with E-state index in [1.807, 2.05) is 24.3 Å². The first kappa shape index (κ1) is 20.7. The summed E-state index contributed by atoms with van der Waals surface area (Å²) in [4.78, 5) is 13.1. The number of likely N-dealkylation sites (tertiary alicyclic amines) is 1. The molecule has 1 aliphatic heterocycles. The SMILES string of the molecule is CC(C)C.CC(O)c1c(C2(O)CCN(C(=O)O)CC2)sc2ccccc12. The fourth-order valence-corrected chi connectivity index (χ4v) is 4.56. The second kappa shape index (κ2) is 8.37. The van der Waals surface area contributed by atoms with Crippen molar-refractivity contribution in [2.75, 3.05) is 13.1 Å². The molecule has 1 saturated heterocycles. The number of piperidine rings is 1. The number of amides is 1. The standard InChI is InChI=1S/C16H19NO4S.C4H10/c1-10(18)13-11-4-2-3-5-12(11)22-14(13)16(21)6-8-17(9-7-16)15(19)20;1-4(2)3/h2-5,10,18,21H,6-9H2,1H3,(H,19,20);4H,1-3H3. The first-order valence-electron chi connectivity index (χ1n) is 9.06. The normalized spacial score (nSPS) is 17.7. The monoisotopic (exact) mass is 379 g/mol. The quantitative estimate of drug-likeness (QED) is 0.713. The Hall–Kier alpha value is -1.63. The van der Waals surface area contributed by atoms with Crippen molar-refractivity contribution in [1.29, 1.82) is 0 Å². The summed E-state index contributed by atoms with van der Waals surface area (Å²) in [5, 5.41) is 31.2. The smallest absolute Gasteiger partial charge is 0.407 e. The summed E-state index contributed by atoms with van der Waals surface area (Å²) >= 11 is 1.49. The lowest BCUT2D eigenvalue weighted by Crippen LogP contribution is -2.44. The van der Waals surface area contributed by atoms with Gasteiger partial charge in [-0.15, -0.1) is 11.3 Å². The van der Waals surface area contributed by atoms with Crippen LogP contribution in [-0.2, 0) is 5.60 Å². The van der Waals surface area contributed by atoms with Crippen LogP contribution in [0, 0.1) is 5.92 Å². The molecule has 2 aromatic rings. The van der Waals surface area contributed by atoms with E-state index in [4.69, 9.17) is 5.11 Å². The molecule has 1 unspecified atom stereocenters. The molecule has 144 valence electrons. The molecule has 3 rings (SSSR count). The predicted molar refractivity (Wildman–Crippen MR) is 106 cm³/mol. The summed E-state index contributed by atoms with van der Waals surface area (Å²) in [5.41, 5.74) is -0.297. The molecular formula is C20H29NO4S. The lowest BCUT2D eigenvalue weighted by molar-refractivity contribution is -0.0202. The van der Waals surface area contributed by atoms with Gasteiger partial charge in [0.2, 0.25) is 0 Å². The molecule has 6 heteroatoms. The molecule has 0 spiro atoms. The summed E-state index contributed by atoms with van der Waals surface area (Å²) in [6.07, 6.45) is -0.917. The van der Waals surface area contributed by atoms with E-state index in [1.54, 1.807) is 6.92 Å². The molecule has 1 amide bonds. The highest BCUT2D eigenvalue weighted by Crippen LogP contribution is 2.45. The van der Waals surface area contributed by atoms with E-state index in [9.17, 15) is 15.0 Å². The highest BCUT2D eigenvalue weighted by molar-refractivity contribution is 7.19. The van der Waals surface area contributed by atoms with Crippen molar-refractivity contribution < 1.29 is 20.1 Å². The average Bonchev–Trinajstić information content (AvgIpc) is 2.95. The van der Waals surface area contributed by atoms with Gasteiger partial charge in [-0.05, 0) is 37.1 Å². The van der Waals surface area contributed by atoms with Crippen molar-refractivity contribution in [2.45, 2.75) is 52.2 Å². The van der Waals surface area contributed by atoms with E-state index in [1.165, 1.54) is 16.2 Å². The number of rotatable bonds is 2. The van der Waals surface area contributed by atoms with Crippen LogP contribution < -0.4 is 0 Å². The van der Waals surface area contributed by atoms with E-state index < -0.39 is 17.8 Å². The second-order valence-corrected chi connectivity index (χ2v) is 8.60. The maximum atomic E-state index is 11.1. The molecule has 0 aliphatic carbocycles. The van der Waals surface area contributed by atoms with Gasteiger partial charge >= 0.3 is 6.09 Å². The van der Waals surface area contributed by atoms with Gasteiger partial charge in [-0.3, -0.25) is 0 Å². The van der Waals surface area contributed by atoms with E-state index in [-0.39, 0.29) is 0 Å². The number of aliphatic hydroxyl groups excluding tert-OH is 1. The largest absolute Gasteiger partial charge is 0.465 e. The number of thiophene rings is 1. The van der Waals surface area contributed by atoms with Gasteiger partial charge in [0.15, 0.2) is 0 Å². The molecule has 0 saturated carbocycles. The fourth-order valence-electron chi connectivity index (χ4n) is 3.12. The summed E-state index contributed by atoms with van der Waals surface area (Å²) in [6.45, 7) is 8.81. The van der Waals surface area contributed by atoms with Gasteiger partial charge in [0.05, 0.1) is 6.10 Å². The van der Waals surface area contributed by atoms with Crippen LogP contribution in [-0.4, -0.2) is 39.4 Å². The molecule has 1 aromatic carbocycles. The lowest BCUT2D eigenvalue weighted by atomic mass is 9.86. The van der Waals surface area contributed by atoms with Crippen LogP contribution in [0.2, 0.25) is 0 Å². The third-order valence-corrected chi connectivity index (χ3v) is 5.72. The van der Waals surface area contributed by atoms with Crippen LogP contribution in [0.4, 0.5) is 4.79 Å². The van der Waals surface area contributed by atoms with Gasteiger partial charge in [-0.25, -0.2) is 4.79 Å². The predicted octanol–water partition coefficient (Wildman–Crippen LogP) is 4.58. The highest BCUT2D eigenvalue weighted by Gasteiger charge is 2.39. The molecule has 3 N–H and O–H groups in total. The van der Waals surface area contributed by atoms with Gasteiger partial charge in [0.25, 0.3) is 0 Å². The van der Waals surface area contributed by atoms with Gasteiger partial charge in [0, 0.05) is 28.2 Å². The number of carboxylic acid groups (broad SMARTS) is 1. The first-order chi connectivity index (χ1) is 12.2. The Balaban J connectivity index is 0.000000552. The van der Waals surface area contributed by atoms with Crippen LogP contribution in [0.1, 0.15) is 57.1 Å². The summed E-state index contributed by atoms with van der Waals surface area (Å²) in [5.74, 6) is 0.833. The lowest BCUT2D eigenvalue weighted by Gasteiger charge is -2.37. The minimum Gasteiger partial charge on any atom is -0.465 e. The van der Waals surface area contributed by atoms with Crippen LogP contribution in [0.15, 0.2) is 24.3 Å². The third kappa shape index (κ3) is 4.55. The zero-order chi connectivity index (χ0) is 19.5. The molecule has 1 atom stereocenters. The summed E-state index contributed by atoms with van der Waals surface area (Å²) in [6, 6.07) is 7.78. The molecular weight excluding hydrogens is 350 g/mol. The first-order valence-corrected chi connectivity index (χ1v) is 9.87. The number of aliphatic hydroxyl groups is 2. The van der Waals surface area contributed by atoms with E-state index >= 15 is 0 Å². The Bertz CT molecular complexity index is 743. The van der Waals surface area contributed by atoms with Crippen molar-refractivity contribution in [2.24, 2.45) is 5.92 Å². The molecule has 0 bridgehead atoms. The molecule has 2 heterocycles. The van der Waals surface area contributed by atoms with Crippen molar-refractivity contribution in [3.05, 3.63) is 34.7 Å². The fraction of sp³-hybridized carbons (Fsp3) is 0.550. The summed E-state index contributed by atoms with van der Waals surface area (Å²) < 4.78 is 1.03. The molecule has 0 radical (unpaired) electrons. The Kier molecular flexibility index (Phi) is 6.66. The van der Waals surface area contributed by atoms with Gasteiger partial charge in [-0.1, -0.05) is 39.0 Å². The number of fused-ring (bicyclic) bond motifs is 1.